The SMILES string of the molecule is C=CCN(C(=O)[C@H]1[C@H]2C(=O)N([C@@H](CO)C(C)C)C(C(=O)N(CC=C)C(C)C)C23CC(Br)[C@@H]1O3)c1ccccc1. The molecule has 3 fully saturated rings. The normalized spacial score (nSPS) is 30.0. The van der Waals surface area contributed by atoms with Crippen LogP contribution in [-0.4, -0.2) is 87.0 Å². The van der Waals surface area contributed by atoms with Crippen LogP contribution < -0.4 is 4.90 Å². The molecule has 0 aliphatic carbocycles. The Bertz CT molecular complexity index is 1110. The number of hydrogen-bond acceptors (Lipinski definition) is 5. The first-order chi connectivity index (χ1) is 18.5. The van der Waals surface area contributed by atoms with E-state index in [0.717, 1.165) is 0 Å². The van der Waals surface area contributed by atoms with Crippen molar-refractivity contribution in [1.82, 2.24) is 9.80 Å². The zero-order chi connectivity index (χ0) is 28.6. The number of ether oxygens (including phenoxy) is 1. The van der Waals surface area contributed by atoms with Crippen molar-refractivity contribution in [2.45, 2.75) is 68.8 Å². The molecule has 1 aromatic carbocycles. The van der Waals surface area contributed by atoms with Gasteiger partial charge < -0.3 is 24.5 Å². The fourth-order valence-corrected chi connectivity index (χ4v) is 7.64. The molecule has 8 nitrogen and oxygen atoms in total. The molecule has 3 aliphatic heterocycles. The number of carbonyl (C=O) groups is 3. The highest BCUT2D eigenvalue weighted by Crippen LogP contribution is 2.61. The van der Waals surface area contributed by atoms with Gasteiger partial charge in [-0.3, -0.25) is 14.4 Å². The summed E-state index contributed by atoms with van der Waals surface area (Å²) < 4.78 is 6.67. The van der Waals surface area contributed by atoms with Gasteiger partial charge in [0.1, 0.15) is 11.6 Å². The van der Waals surface area contributed by atoms with Gasteiger partial charge in [-0.2, -0.15) is 0 Å². The number of benzene rings is 1. The molecule has 3 saturated heterocycles. The summed E-state index contributed by atoms with van der Waals surface area (Å²) >= 11 is 3.74. The average Bonchev–Trinajstić information content (AvgIpc) is 3.49. The van der Waals surface area contributed by atoms with Crippen LogP contribution in [0.25, 0.3) is 0 Å². The van der Waals surface area contributed by atoms with E-state index in [9.17, 15) is 19.5 Å². The maximum absolute atomic E-state index is 14.4. The fourth-order valence-electron chi connectivity index (χ4n) is 6.70. The molecule has 0 aromatic heterocycles. The minimum absolute atomic E-state index is 0.121. The summed E-state index contributed by atoms with van der Waals surface area (Å²) in [5.41, 5.74) is -0.492. The van der Waals surface area contributed by atoms with E-state index in [0.29, 0.717) is 18.7 Å². The molecule has 4 rings (SSSR count). The maximum Gasteiger partial charge on any atom is 0.248 e. The van der Waals surface area contributed by atoms with E-state index in [1.54, 1.807) is 22.0 Å². The highest BCUT2D eigenvalue weighted by Gasteiger charge is 2.77. The Balaban J connectivity index is 1.85. The molecule has 9 heteroatoms. The van der Waals surface area contributed by atoms with Crippen molar-refractivity contribution in [3.63, 3.8) is 0 Å². The average molecular weight is 603 g/mol. The molecular formula is C30H40BrN3O5. The van der Waals surface area contributed by atoms with Crippen molar-refractivity contribution in [1.29, 1.82) is 0 Å². The topological polar surface area (TPSA) is 90.4 Å². The van der Waals surface area contributed by atoms with Crippen LogP contribution in [0.15, 0.2) is 55.6 Å². The van der Waals surface area contributed by atoms with Gasteiger partial charge in [-0.15, -0.1) is 13.2 Å². The number of halogens is 1. The molecule has 3 heterocycles. The van der Waals surface area contributed by atoms with Gasteiger partial charge in [-0.25, -0.2) is 0 Å². The van der Waals surface area contributed by atoms with Crippen LogP contribution in [0.1, 0.15) is 34.1 Å². The van der Waals surface area contributed by atoms with Crippen molar-refractivity contribution >= 4 is 39.3 Å². The quantitative estimate of drug-likeness (QED) is 0.310. The molecule has 39 heavy (non-hydrogen) atoms. The van der Waals surface area contributed by atoms with Crippen LogP contribution in [0, 0.1) is 17.8 Å². The first-order valence-electron chi connectivity index (χ1n) is 13.7. The van der Waals surface area contributed by atoms with Gasteiger partial charge >= 0.3 is 0 Å². The summed E-state index contributed by atoms with van der Waals surface area (Å²) in [5, 5.41) is 10.4. The van der Waals surface area contributed by atoms with Gasteiger partial charge in [0.15, 0.2) is 0 Å². The van der Waals surface area contributed by atoms with E-state index in [4.69, 9.17) is 4.74 Å². The molecule has 3 aliphatic rings. The Kier molecular flexibility index (Phi) is 8.73. The summed E-state index contributed by atoms with van der Waals surface area (Å²) in [6.45, 7) is 15.6. The second-order valence-electron chi connectivity index (χ2n) is 11.3. The zero-order valence-corrected chi connectivity index (χ0v) is 24.8. The van der Waals surface area contributed by atoms with Crippen LogP contribution >= 0.6 is 15.9 Å². The van der Waals surface area contributed by atoms with Crippen molar-refractivity contribution in [3.8, 4) is 0 Å². The van der Waals surface area contributed by atoms with Crippen LogP contribution in [0.3, 0.4) is 0 Å². The lowest BCUT2D eigenvalue weighted by atomic mass is 9.70. The predicted octanol–water partition coefficient (Wildman–Crippen LogP) is 3.39. The molecule has 1 aromatic rings. The van der Waals surface area contributed by atoms with E-state index in [2.05, 4.69) is 29.1 Å². The number of likely N-dealkylation sites (tertiary alicyclic amines) is 1. The van der Waals surface area contributed by atoms with E-state index < -0.39 is 35.6 Å². The first-order valence-corrected chi connectivity index (χ1v) is 14.6. The molecular weight excluding hydrogens is 562 g/mol. The molecule has 7 atom stereocenters. The number of nitrogens with zero attached hydrogens (tertiary/aromatic N) is 3. The Morgan fingerprint density at radius 3 is 2.33 bits per heavy atom. The van der Waals surface area contributed by atoms with E-state index >= 15 is 0 Å². The van der Waals surface area contributed by atoms with Crippen LogP contribution in [0.2, 0.25) is 0 Å². The summed E-state index contributed by atoms with van der Waals surface area (Å²) in [6, 6.07) is 7.58. The second kappa shape index (κ2) is 11.6. The lowest BCUT2D eigenvalue weighted by molar-refractivity contribution is -0.153. The van der Waals surface area contributed by atoms with Crippen molar-refractivity contribution in [3.05, 3.63) is 55.6 Å². The molecule has 0 saturated carbocycles. The number of hydrogen-bond donors (Lipinski definition) is 1. The largest absolute Gasteiger partial charge is 0.394 e. The van der Waals surface area contributed by atoms with Crippen LogP contribution in [0.4, 0.5) is 5.69 Å². The molecule has 1 N–H and O–H groups in total. The number of aliphatic hydroxyl groups excluding tert-OH is 1. The third-order valence-corrected chi connectivity index (χ3v) is 9.28. The zero-order valence-electron chi connectivity index (χ0n) is 23.2. The number of carbonyl (C=O) groups excluding carboxylic acids is 3. The summed E-state index contributed by atoms with van der Waals surface area (Å²) in [7, 11) is 0. The van der Waals surface area contributed by atoms with Gasteiger partial charge in [0.05, 0.1) is 30.6 Å². The summed E-state index contributed by atoms with van der Waals surface area (Å²) in [4.78, 5) is 47.7. The predicted molar refractivity (Wildman–Crippen MR) is 154 cm³/mol. The van der Waals surface area contributed by atoms with E-state index in [1.807, 2.05) is 58.0 Å². The molecule has 212 valence electrons. The number of amides is 3. The Labute approximate surface area is 239 Å². The highest BCUT2D eigenvalue weighted by molar-refractivity contribution is 9.09. The summed E-state index contributed by atoms with van der Waals surface area (Å²) in [5.74, 6) is -2.56. The van der Waals surface area contributed by atoms with Gasteiger partial charge in [0.25, 0.3) is 0 Å². The van der Waals surface area contributed by atoms with E-state index in [-0.39, 0.29) is 47.7 Å². The standard InChI is InChI=1S/C30H40BrN3O5/c1-7-14-32(19(5)6)29(38)26-30-16-21(31)25(39-30)23(24(30)28(37)34(26)22(17-35)18(3)4)27(36)33(15-8-2)20-12-10-9-11-13-20/h7-13,18-19,21-26,35H,1-2,14-17H2,3-6H3/t21?,22-,23-,24-,25-,26?,30?/m0/s1. The fraction of sp³-hybridized carbons (Fsp3) is 0.567. The number of anilines is 1. The van der Waals surface area contributed by atoms with E-state index in [1.165, 1.54) is 4.90 Å². The number of fused-ring (bicyclic) bond motifs is 1. The maximum atomic E-state index is 14.4. The highest BCUT2D eigenvalue weighted by atomic mass is 79.9. The van der Waals surface area contributed by atoms with Gasteiger partial charge in [0.2, 0.25) is 17.7 Å². The van der Waals surface area contributed by atoms with Crippen molar-refractivity contribution < 1.29 is 24.2 Å². The van der Waals surface area contributed by atoms with Crippen molar-refractivity contribution in [2.75, 3.05) is 24.6 Å². The van der Waals surface area contributed by atoms with Crippen LogP contribution in [-0.2, 0) is 19.1 Å². The van der Waals surface area contributed by atoms with Crippen LogP contribution in [0.5, 0.6) is 0 Å². The Morgan fingerprint density at radius 2 is 1.79 bits per heavy atom. The lowest BCUT2D eigenvalue weighted by Gasteiger charge is -2.41. The number of para-hydroxylation sites is 1. The number of alkyl halides is 1. The first kappa shape index (κ1) is 29.5. The van der Waals surface area contributed by atoms with Gasteiger partial charge in [0, 0.05) is 29.6 Å². The molecule has 3 amide bonds. The molecule has 2 bridgehead atoms. The lowest BCUT2D eigenvalue weighted by Crippen LogP contribution is -2.60. The smallest absolute Gasteiger partial charge is 0.248 e. The monoisotopic (exact) mass is 601 g/mol. The van der Waals surface area contributed by atoms with Gasteiger partial charge in [-0.1, -0.05) is 60.1 Å². The number of rotatable bonds is 11. The molecule has 3 unspecified atom stereocenters. The second-order valence-corrected chi connectivity index (χ2v) is 12.5. The molecule has 0 radical (unpaired) electrons. The Hall–Kier alpha value is -2.49. The Morgan fingerprint density at radius 1 is 1.15 bits per heavy atom. The van der Waals surface area contributed by atoms with Crippen molar-refractivity contribution in [2.24, 2.45) is 17.8 Å². The molecule has 1 spiro atoms. The third kappa shape index (κ3) is 4.76. The minimum atomic E-state index is -1.19. The number of aliphatic hydroxyl groups is 1. The van der Waals surface area contributed by atoms with Gasteiger partial charge in [-0.05, 0) is 38.3 Å². The third-order valence-electron chi connectivity index (χ3n) is 8.44. The minimum Gasteiger partial charge on any atom is -0.394 e. The summed E-state index contributed by atoms with van der Waals surface area (Å²) in [6.07, 6.45) is 3.16.